The zero-order valence-electron chi connectivity index (χ0n) is 13.5. The van der Waals surface area contributed by atoms with Gasteiger partial charge in [-0.05, 0) is 51.9 Å². The third kappa shape index (κ3) is 3.05. The minimum atomic E-state index is -0.218. The summed E-state index contributed by atoms with van der Waals surface area (Å²) >= 11 is 0. The Bertz CT molecular complexity index is 242. The zero-order chi connectivity index (χ0) is 14.4. The quantitative estimate of drug-likeness (QED) is 0.739. The molecule has 0 spiro atoms. The molecule has 0 aromatic rings. The Balaban J connectivity index is 2.26. The standard InChI is InChI=1S/C17H32O3/c1-4-19-15-12-9-13-16(20-5-2)17(15,18-3)14-10-7-6-8-11-14/h14-16H,4-13H2,1-3H3. The van der Waals surface area contributed by atoms with E-state index in [1.165, 1.54) is 38.5 Å². The molecule has 0 aromatic heterocycles. The van der Waals surface area contributed by atoms with Crippen molar-refractivity contribution >= 4 is 0 Å². The van der Waals surface area contributed by atoms with Crippen LogP contribution < -0.4 is 0 Å². The molecular weight excluding hydrogens is 252 g/mol. The number of rotatable bonds is 6. The number of hydrogen-bond acceptors (Lipinski definition) is 3. The summed E-state index contributed by atoms with van der Waals surface area (Å²) in [7, 11) is 1.87. The molecule has 0 amide bonds. The first kappa shape index (κ1) is 16.3. The molecule has 0 aliphatic heterocycles. The largest absolute Gasteiger partial charge is 0.375 e. The van der Waals surface area contributed by atoms with Crippen molar-refractivity contribution < 1.29 is 14.2 Å². The molecule has 3 nitrogen and oxygen atoms in total. The molecular formula is C17H32O3. The first-order valence-electron chi connectivity index (χ1n) is 8.57. The number of methoxy groups -OCH3 is 1. The average molecular weight is 284 g/mol. The van der Waals surface area contributed by atoms with Crippen LogP contribution in [0.2, 0.25) is 0 Å². The Labute approximate surface area is 124 Å². The smallest absolute Gasteiger partial charge is 0.123 e. The molecule has 0 saturated heterocycles. The highest BCUT2D eigenvalue weighted by molar-refractivity contribution is 5.05. The third-order valence-electron chi connectivity index (χ3n) is 5.27. The molecule has 2 atom stereocenters. The van der Waals surface area contributed by atoms with E-state index in [2.05, 4.69) is 13.8 Å². The molecule has 2 aliphatic carbocycles. The van der Waals surface area contributed by atoms with Crippen LogP contribution in [0.5, 0.6) is 0 Å². The zero-order valence-corrected chi connectivity index (χ0v) is 13.5. The number of hydrogen-bond donors (Lipinski definition) is 0. The summed E-state index contributed by atoms with van der Waals surface area (Å²) in [6, 6.07) is 0. The fourth-order valence-corrected chi connectivity index (χ4v) is 4.49. The van der Waals surface area contributed by atoms with Crippen LogP contribution in [0, 0.1) is 5.92 Å². The van der Waals surface area contributed by atoms with E-state index in [1.807, 2.05) is 7.11 Å². The molecule has 2 saturated carbocycles. The van der Waals surface area contributed by atoms with Gasteiger partial charge in [0.2, 0.25) is 0 Å². The van der Waals surface area contributed by atoms with Crippen LogP contribution in [0.15, 0.2) is 0 Å². The van der Waals surface area contributed by atoms with Gasteiger partial charge in [-0.2, -0.15) is 0 Å². The van der Waals surface area contributed by atoms with E-state index in [4.69, 9.17) is 14.2 Å². The summed E-state index contributed by atoms with van der Waals surface area (Å²) < 4.78 is 18.4. The molecule has 0 heterocycles. The predicted molar refractivity (Wildman–Crippen MR) is 81.0 cm³/mol. The van der Waals surface area contributed by atoms with Gasteiger partial charge >= 0.3 is 0 Å². The number of ether oxygens (including phenoxy) is 3. The van der Waals surface area contributed by atoms with Crippen molar-refractivity contribution in [3.05, 3.63) is 0 Å². The first-order chi connectivity index (χ1) is 9.79. The lowest BCUT2D eigenvalue weighted by Gasteiger charge is -2.52. The van der Waals surface area contributed by atoms with E-state index >= 15 is 0 Å². The molecule has 0 aromatic carbocycles. The minimum Gasteiger partial charge on any atom is -0.375 e. The maximum absolute atomic E-state index is 6.20. The molecule has 0 bridgehead atoms. The predicted octanol–water partition coefficient (Wildman–Crippen LogP) is 3.95. The Morgan fingerprint density at radius 2 is 1.35 bits per heavy atom. The molecule has 2 rings (SSSR count). The summed E-state index contributed by atoms with van der Waals surface area (Å²) in [6.07, 6.45) is 10.4. The maximum atomic E-state index is 6.20. The van der Waals surface area contributed by atoms with Gasteiger partial charge in [-0.25, -0.2) is 0 Å². The molecule has 3 heteroatoms. The molecule has 2 aliphatic rings. The van der Waals surface area contributed by atoms with Gasteiger partial charge in [0.25, 0.3) is 0 Å². The van der Waals surface area contributed by atoms with Crippen LogP contribution >= 0.6 is 0 Å². The average Bonchev–Trinajstić information content (AvgIpc) is 2.49. The monoisotopic (exact) mass is 284 g/mol. The lowest BCUT2D eigenvalue weighted by Crippen LogP contribution is -2.62. The highest BCUT2D eigenvalue weighted by atomic mass is 16.6. The highest BCUT2D eigenvalue weighted by Gasteiger charge is 2.54. The van der Waals surface area contributed by atoms with E-state index in [1.54, 1.807) is 0 Å². The van der Waals surface area contributed by atoms with Crippen LogP contribution in [-0.2, 0) is 14.2 Å². The lowest BCUT2D eigenvalue weighted by molar-refractivity contribution is -0.241. The first-order valence-corrected chi connectivity index (χ1v) is 8.57. The summed E-state index contributed by atoms with van der Waals surface area (Å²) in [5.41, 5.74) is -0.218. The van der Waals surface area contributed by atoms with Gasteiger partial charge in [-0.1, -0.05) is 19.3 Å². The van der Waals surface area contributed by atoms with Gasteiger partial charge in [0.1, 0.15) is 5.60 Å². The van der Waals surface area contributed by atoms with Gasteiger partial charge in [0.05, 0.1) is 12.2 Å². The van der Waals surface area contributed by atoms with Crippen LogP contribution in [0.1, 0.15) is 65.2 Å². The highest BCUT2D eigenvalue weighted by Crippen LogP contribution is 2.46. The fraction of sp³-hybridized carbons (Fsp3) is 1.00. The second-order valence-electron chi connectivity index (χ2n) is 6.21. The summed E-state index contributed by atoms with van der Waals surface area (Å²) in [4.78, 5) is 0. The van der Waals surface area contributed by atoms with Gasteiger partial charge in [0.15, 0.2) is 0 Å². The normalized spacial score (nSPS) is 36.1. The molecule has 20 heavy (non-hydrogen) atoms. The third-order valence-corrected chi connectivity index (χ3v) is 5.27. The van der Waals surface area contributed by atoms with E-state index in [0.717, 1.165) is 26.1 Å². The lowest BCUT2D eigenvalue weighted by atomic mass is 9.66. The molecule has 2 fully saturated rings. The van der Waals surface area contributed by atoms with Crippen molar-refractivity contribution in [3.8, 4) is 0 Å². The van der Waals surface area contributed by atoms with Gasteiger partial charge in [-0.15, -0.1) is 0 Å². The van der Waals surface area contributed by atoms with Crippen molar-refractivity contribution in [2.45, 2.75) is 83.0 Å². The van der Waals surface area contributed by atoms with Crippen molar-refractivity contribution in [2.24, 2.45) is 5.92 Å². The molecule has 0 radical (unpaired) electrons. The summed E-state index contributed by atoms with van der Waals surface area (Å²) in [5, 5.41) is 0. The molecule has 0 N–H and O–H groups in total. The Kier molecular flexibility index (Phi) is 6.31. The van der Waals surface area contributed by atoms with Crippen LogP contribution in [0.3, 0.4) is 0 Å². The fourth-order valence-electron chi connectivity index (χ4n) is 4.49. The van der Waals surface area contributed by atoms with Gasteiger partial charge < -0.3 is 14.2 Å². The van der Waals surface area contributed by atoms with Crippen molar-refractivity contribution in [1.82, 2.24) is 0 Å². The Morgan fingerprint density at radius 1 is 0.800 bits per heavy atom. The molecule has 2 unspecified atom stereocenters. The van der Waals surface area contributed by atoms with Crippen molar-refractivity contribution in [2.75, 3.05) is 20.3 Å². The van der Waals surface area contributed by atoms with Gasteiger partial charge in [0, 0.05) is 20.3 Å². The second kappa shape index (κ2) is 7.77. The second-order valence-corrected chi connectivity index (χ2v) is 6.21. The Hall–Kier alpha value is -0.120. The van der Waals surface area contributed by atoms with Crippen LogP contribution in [0.25, 0.3) is 0 Å². The summed E-state index contributed by atoms with van der Waals surface area (Å²) in [6.45, 7) is 5.71. The molecule has 118 valence electrons. The van der Waals surface area contributed by atoms with Crippen LogP contribution in [0.4, 0.5) is 0 Å². The van der Waals surface area contributed by atoms with Crippen LogP contribution in [-0.4, -0.2) is 38.1 Å². The maximum Gasteiger partial charge on any atom is 0.123 e. The van der Waals surface area contributed by atoms with E-state index < -0.39 is 0 Å². The topological polar surface area (TPSA) is 27.7 Å². The van der Waals surface area contributed by atoms with E-state index in [-0.39, 0.29) is 17.8 Å². The van der Waals surface area contributed by atoms with E-state index in [0.29, 0.717) is 5.92 Å². The van der Waals surface area contributed by atoms with Crippen molar-refractivity contribution in [3.63, 3.8) is 0 Å². The van der Waals surface area contributed by atoms with E-state index in [9.17, 15) is 0 Å². The summed E-state index contributed by atoms with van der Waals surface area (Å²) in [5.74, 6) is 0.592. The Morgan fingerprint density at radius 3 is 1.80 bits per heavy atom. The van der Waals surface area contributed by atoms with Crippen molar-refractivity contribution in [1.29, 1.82) is 0 Å². The van der Waals surface area contributed by atoms with Gasteiger partial charge in [-0.3, -0.25) is 0 Å². The minimum absolute atomic E-state index is 0.200. The SMILES string of the molecule is CCOC1CCCC(OCC)C1(OC)C1CCCCC1.